The van der Waals surface area contributed by atoms with Crippen LogP contribution in [0.15, 0.2) is 12.3 Å². The van der Waals surface area contributed by atoms with Crippen molar-refractivity contribution in [2.24, 2.45) is 5.73 Å². The predicted octanol–water partition coefficient (Wildman–Crippen LogP) is 0.556. The van der Waals surface area contributed by atoms with Gasteiger partial charge in [-0.25, -0.2) is 9.97 Å². The molecule has 1 heterocycles. The second kappa shape index (κ2) is 3.40. The average molecular weight is 181 g/mol. The van der Waals surface area contributed by atoms with Crippen molar-refractivity contribution < 1.29 is 5.11 Å². The highest BCUT2D eigenvalue weighted by Crippen LogP contribution is 2.20. The Morgan fingerprint density at radius 3 is 2.62 bits per heavy atom. The zero-order chi connectivity index (χ0) is 10.1. The summed E-state index contributed by atoms with van der Waals surface area (Å²) >= 11 is 0. The number of aromatic nitrogens is 2. The molecule has 1 rings (SSSR count). The number of aliphatic hydroxyl groups is 1. The summed E-state index contributed by atoms with van der Waals surface area (Å²) in [5.41, 5.74) is 5.64. The van der Waals surface area contributed by atoms with E-state index >= 15 is 0 Å². The molecule has 13 heavy (non-hydrogen) atoms. The molecule has 0 saturated carbocycles. The SMILES string of the molecule is Cc1nccc(C(O)C(C)(C)N)n1. The van der Waals surface area contributed by atoms with Crippen molar-refractivity contribution in [3.63, 3.8) is 0 Å². The van der Waals surface area contributed by atoms with Crippen molar-refractivity contribution in [3.8, 4) is 0 Å². The van der Waals surface area contributed by atoms with E-state index in [9.17, 15) is 5.11 Å². The van der Waals surface area contributed by atoms with Crippen LogP contribution in [0.5, 0.6) is 0 Å². The van der Waals surface area contributed by atoms with Crippen LogP contribution in [0, 0.1) is 6.92 Å². The van der Waals surface area contributed by atoms with Crippen LogP contribution in [0.1, 0.15) is 31.5 Å². The van der Waals surface area contributed by atoms with Gasteiger partial charge in [-0.05, 0) is 26.8 Å². The first kappa shape index (κ1) is 10.1. The molecule has 0 aromatic carbocycles. The molecular formula is C9H15N3O. The van der Waals surface area contributed by atoms with Crippen molar-refractivity contribution in [1.29, 1.82) is 0 Å². The zero-order valence-corrected chi connectivity index (χ0v) is 8.15. The van der Waals surface area contributed by atoms with Crippen molar-refractivity contribution in [2.75, 3.05) is 0 Å². The second-order valence-corrected chi connectivity index (χ2v) is 3.75. The third-order valence-electron chi connectivity index (χ3n) is 1.78. The van der Waals surface area contributed by atoms with Gasteiger partial charge < -0.3 is 10.8 Å². The molecule has 1 aromatic rings. The van der Waals surface area contributed by atoms with Crippen molar-refractivity contribution in [3.05, 3.63) is 23.8 Å². The minimum Gasteiger partial charge on any atom is -0.385 e. The maximum atomic E-state index is 9.77. The third kappa shape index (κ3) is 2.47. The van der Waals surface area contributed by atoms with Crippen LogP contribution < -0.4 is 5.73 Å². The van der Waals surface area contributed by atoms with Crippen LogP contribution in [0.25, 0.3) is 0 Å². The molecule has 0 saturated heterocycles. The lowest BCUT2D eigenvalue weighted by molar-refractivity contribution is 0.100. The number of hydrogen-bond acceptors (Lipinski definition) is 4. The van der Waals surface area contributed by atoms with Crippen LogP contribution in [-0.4, -0.2) is 20.6 Å². The minimum absolute atomic E-state index is 0.569. The van der Waals surface area contributed by atoms with Crippen molar-refractivity contribution in [1.82, 2.24) is 9.97 Å². The molecule has 72 valence electrons. The fourth-order valence-corrected chi connectivity index (χ4v) is 1.01. The van der Waals surface area contributed by atoms with Crippen LogP contribution in [-0.2, 0) is 0 Å². The summed E-state index contributed by atoms with van der Waals surface area (Å²) in [7, 11) is 0. The molecule has 0 bridgehead atoms. The molecule has 0 aliphatic carbocycles. The predicted molar refractivity (Wildman–Crippen MR) is 50.0 cm³/mol. The Morgan fingerprint density at radius 2 is 2.15 bits per heavy atom. The highest BCUT2D eigenvalue weighted by Gasteiger charge is 2.25. The molecule has 4 heteroatoms. The molecule has 0 radical (unpaired) electrons. The lowest BCUT2D eigenvalue weighted by Crippen LogP contribution is -2.39. The quantitative estimate of drug-likeness (QED) is 0.699. The van der Waals surface area contributed by atoms with E-state index in [4.69, 9.17) is 5.73 Å². The maximum absolute atomic E-state index is 9.77. The topological polar surface area (TPSA) is 72.0 Å². The molecule has 1 unspecified atom stereocenters. The number of nitrogens with zero attached hydrogens (tertiary/aromatic N) is 2. The summed E-state index contributed by atoms with van der Waals surface area (Å²) in [4.78, 5) is 8.04. The molecule has 0 fully saturated rings. The standard InChI is InChI=1S/C9H15N3O/c1-6-11-5-4-7(12-6)8(13)9(2,3)10/h4-5,8,13H,10H2,1-3H3. The molecule has 0 amide bonds. The van der Waals surface area contributed by atoms with Gasteiger partial charge in [0.25, 0.3) is 0 Å². The Bertz CT molecular complexity index is 293. The van der Waals surface area contributed by atoms with Gasteiger partial charge in [0.2, 0.25) is 0 Å². The maximum Gasteiger partial charge on any atom is 0.125 e. The first-order valence-corrected chi connectivity index (χ1v) is 4.18. The number of hydrogen-bond donors (Lipinski definition) is 2. The minimum atomic E-state index is -0.755. The molecule has 0 spiro atoms. The van der Waals surface area contributed by atoms with Crippen molar-refractivity contribution >= 4 is 0 Å². The van der Waals surface area contributed by atoms with Gasteiger partial charge in [0, 0.05) is 11.7 Å². The van der Waals surface area contributed by atoms with E-state index in [1.807, 2.05) is 0 Å². The van der Waals surface area contributed by atoms with E-state index in [0.717, 1.165) is 0 Å². The fraction of sp³-hybridized carbons (Fsp3) is 0.556. The number of nitrogens with two attached hydrogens (primary N) is 1. The molecule has 1 atom stereocenters. The molecule has 1 aromatic heterocycles. The zero-order valence-electron chi connectivity index (χ0n) is 8.15. The smallest absolute Gasteiger partial charge is 0.125 e. The highest BCUT2D eigenvalue weighted by molar-refractivity contribution is 5.09. The summed E-state index contributed by atoms with van der Waals surface area (Å²) in [6.45, 7) is 5.30. The largest absolute Gasteiger partial charge is 0.385 e. The Balaban J connectivity index is 2.96. The number of aliphatic hydroxyl groups excluding tert-OH is 1. The summed E-state index contributed by atoms with van der Waals surface area (Å²) < 4.78 is 0. The Hall–Kier alpha value is -1.00. The fourth-order valence-electron chi connectivity index (χ4n) is 1.01. The average Bonchev–Trinajstić information content (AvgIpc) is 2.01. The van der Waals surface area contributed by atoms with Gasteiger partial charge in [-0.15, -0.1) is 0 Å². The van der Waals surface area contributed by atoms with E-state index in [-0.39, 0.29) is 0 Å². The lowest BCUT2D eigenvalue weighted by Gasteiger charge is -2.25. The lowest BCUT2D eigenvalue weighted by atomic mass is 9.96. The first-order valence-electron chi connectivity index (χ1n) is 4.18. The monoisotopic (exact) mass is 181 g/mol. The molecule has 3 N–H and O–H groups in total. The van der Waals surface area contributed by atoms with Crippen LogP contribution in [0.3, 0.4) is 0 Å². The summed E-state index contributed by atoms with van der Waals surface area (Å²) in [5, 5.41) is 9.77. The van der Waals surface area contributed by atoms with Crippen molar-refractivity contribution in [2.45, 2.75) is 32.4 Å². The van der Waals surface area contributed by atoms with Gasteiger partial charge in [-0.1, -0.05) is 0 Å². The third-order valence-corrected chi connectivity index (χ3v) is 1.78. The van der Waals surface area contributed by atoms with E-state index in [2.05, 4.69) is 9.97 Å². The Kier molecular flexibility index (Phi) is 2.63. The summed E-state index contributed by atoms with van der Waals surface area (Å²) in [6.07, 6.45) is 0.862. The number of aryl methyl sites for hydroxylation is 1. The molecular weight excluding hydrogens is 166 g/mol. The Labute approximate surface area is 77.8 Å². The summed E-state index contributed by atoms with van der Waals surface area (Å²) in [6, 6.07) is 1.67. The summed E-state index contributed by atoms with van der Waals surface area (Å²) in [5.74, 6) is 0.640. The van der Waals surface area contributed by atoms with Crippen LogP contribution >= 0.6 is 0 Å². The highest BCUT2D eigenvalue weighted by atomic mass is 16.3. The van der Waals surface area contributed by atoms with Gasteiger partial charge in [-0.3, -0.25) is 0 Å². The number of rotatable bonds is 2. The van der Waals surface area contributed by atoms with E-state index < -0.39 is 11.6 Å². The Morgan fingerprint density at radius 1 is 1.54 bits per heavy atom. The van der Waals surface area contributed by atoms with E-state index in [0.29, 0.717) is 11.5 Å². The first-order chi connectivity index (χ1) is 5.91. The van der Waals surface area contributed by atoms with Gasteiger partial charge in [0.05, 0.1) is 5.69 Å². The molecule has 0 aliphatic rings. The molecule has 0 aliphatic heterocycles. The van der Waals surface area contributed by atoms with Gasteiger partial charge in [-0.2, -0.15) is 0 Å². The van der Waals surface area contributed by atoms with Crippen LogP contribution in [0.2, 0.25) is 0 Å². The van der Waals surface area contributed by atoms with E-state index in [1.54, 1.807) is 33.0 Å². The van der Waals surface area contributed by atoms with E-state index in [1.165, 1.54) is 0 Å². The second-order valence-electron chi connectivity index (χ2n) is 3.75. The van der Waals surface area contributed by atoms with Gasteiger partial charge in [0.15, 0.2) is 0 Å². The molecule has 4 nitrogen and oxygen atoms in total. The van der Waals surface area contributed by atoms with Gasteiger partial charge in [0.1, 0.15) is 11.9 Å². The normalized spacial score (nSPS) is 14.2. The van der Waals surface area contributed by atoms with Gasteiger partial charge >= 0.3 is 0 Å². The van der Waals surface area contributed by atoms with Crippen LogP contribution in [0.4, 0.5) is 0 Å².